The van der Waals surface area contributed by atoms with Gasteiger partial charge in [0.25, 0.3) is 11.8 Å². The van der Waals surface area contributed by atoms with Gasteiger partial charge in [-0.2, -0.15) is 0 Å². The monoisotopic (exact) mass is 352 g/mol. The van der Waals surface area contributed by atoms with Crippen molar-refractivity contribution in [3.8, 4) is 11.5 Å². The number of phenols is 1. The van der Waals surface area contributed by atoms with Crippen LogP contribution in [0.25, 0.3) is 6.08 Å². The molecule has 4 amide bonds. The Labute approximate surface area is 149 Å². The van der Waals surface area contributed by atoms with Crippen molar-refractivity contribution in [2.45, 2.75) is 6.92 Å². The molecule has 26 heavy (non-hydrogen) atoms. The zero-order valence-corrected chi connectivity index (χ0v) is 14.1. The van der Waals surface area contributed by atoms with Crippen LogP contribution in [0, 0.1) is 6.92 Å². The molecular weight excluding hydrogens is 336 g/mol. The Morgan fingerprint density at radius 1 is 1.12 bits per heavy atom. The van der Waals surface area contributed by atoms with Crippen LogP contribution in [0.2, 0.25) is 0 Å². The van der Waals surface area contributed by atoms with Gasteiger partial charge in [-0.1, -0.05) is 18.2 Å². The lowest BCUT2D eigenvalue weighted by Crippen LogP contribution is -2.54. The Morgan fingerprint density at radius 2 is 1.88 bits per heavy atom. The maximum absolute atomic E-state index is 12.8. The minimum atomic E-state index is -0.805. The molecule has 2 aromatic rings. The summed E-state index contributed by atoms with van der Waals surface area (Å²) in [7, 11) is 1.41. The van der Waals surface area contributed by atoms with Gasteiger partial charge in [0.15, 0.2) is 11.5 Å². The molecule has 0 saturated carbocycles. The molecule has 2 N–H and O–H groups in total. The fraction of sp³-hybridized carbons (Fsp3) is 0.105. The van der Waals surface area contributed by atoms with Gasteiger partial charge in [-0.3, -0.25) is 14.9 Å². The van der Waals surface area contributed by atoms with Crippen LogP contribution in [0.4, 0.5) is 10.5 Å². The van der Waals surface area contributed by atoms with E-state index in [0.717, 1.165) is 10.5 Å². The summed E-state index contributed by atoms with van der Waals surface area (Å²) in [6.45, 7) is 1.83. The average molecular weight is 352 g/mol. The largest absolute Gasteiger partial charge is 0.504 e. The summed E-state index contributed by atoms with van der Waals surface area (Å²) >= 11 is 0. The number of ether oxygens (including phenoxy) is 1. The van der Waals surface area contributed by atoms with E-state index in [0.29, 0.717) is 11.3 Å². The van der Waals surface area contributed by atoms with E-state index in [-0.39, 0.29) is 17.1 Å². The van der Waals surface area contributed by atoms with Crippen molar-refractivity contribution in [1.82, 2.24) is 5.32 Å². The number of urea groups is 1. The third kappa shape index (κ3) is 3.14. The van der Waals surface area contributed by atoms with Crippen LogP contribution >= 0.6 is 0 Å². The zero-order valence-electron chi connectivity index (χ0n) is 14.1. The number of imide groups is 2. The summed E-state index contributed by atoms with van der Waals surface area (Å²) < 4.78 is 4.96. The van der Waals surface area contributed by atoms with E-state index in [4.69, 9.17) is 4.74 Å². The number of amides is 4. The van der Waals surface area contributed by atoms with Crippen LogP contribution in [0.5, 0.6) is 11.5 Å². The highest BCUT2D eigenvalue weighted by atomic mass is 16.5. The van der Waals surface area contributed by atoms with Gasteiger partial charge in [0.05, 0.1) is 12.8 Å². The predicted octanol–water partition coefficient (Wildman–Crippen LogP) is 2.38. The molecule has 0 aliphatic carbocycles. The number of aromatic hydroxyl groups is 1. The smallest absolute Gasteiger partial charge is 0.335 e. The van der Waals surface area contributed by atoms with Crippen molar-refractivity contribution in [3.63, 3.8) is 0 Å². The third-order valence-corrected chi connectivity index (χ3v) is 3.88. The molecule has 7 nitrogen and oxygen atoms in total. The van der Waals surface area contributed by atoms with Gasteiger partial charge in [0.2, 0.25) is 0 Å². The molecule has 0 atom stereocenters. The van der Waals surface area contributed by atoms with Crippen molar-refractivity contribution < 1.29 is 24.2 Å². The second kappa shape index (κ2) is 6.72. The lowest BCUT2D eigenvalue weighted by molar-refractivity contribution is -0.122. The lowest BCUT2D eigenvalue weighted by Gasteiger charge is -2.26. The van der Waals surface area contributed by atoms with Gasteiger partial charge in [-0.15, -0.1) is 0 Å². The lowest BCUT2D eigenvalue weighted by atomic mass is 10.1. The SMILES string of the molecule is COc1ccc(C=C2C(=O)NC(=O)N(c3cccc(C)c3)C2=O)cc1O. The van der Waals surface area contributed by atoms with E-state index in [1.165, 1.54) is 25.3 Å². The van der Waals surface area contributed by atoms with Gasteiger partial charge in [0.1, 0.15) is 5.57 Å². The van der Waals surface area contributed by atoms with E-state index in [1.54, 1.807) is 24.3 Å². The summed E-state index contributed by atoms with van der Waals surface area (Å²) in [5, 5.41) is 12.0. The number of aryl methyl sites for hydroxylation is 1. The summed E-state index contributed by atoms with van der Waals surface area (Å²) in [5.41, 5.74) is 1.44. The molecule has 132 valence electrons. The highest BCUT2D eigenvalue weighted by molar-refractivity contribution is 6.39. The average Bonchev–Trinajstić information content (AvgIpc) is 2.58. The third-order valence-electron chi connectivity index (χ3n) is 3.88. The van der Waals surface area contributed by atoms with Crippen molar-refractivity contribution in [1.29, 1.82) is 0 Å². The first-order valence-corrected chi connectivity index (χ1v) is 7.76. The standard InChI is InChI=1S/C19H16N2O5/c1-11-4-3-5-13(8-11)21-18(24)14(17(23)20-19(21)25)9-12-6-7-16(26-2)15(22)10-12/h3-10,22H,1-2H3,(H,20,23,25). The normalized spacial score (nSPS) is 16.0. The number of carbonyl (C=O) groups excluding carboxylic acids is 3. The number of anilines is 1. The van der Waals surface area contributed by atoms with Crippen LogP contribution in [-0.4, -0.2) is 30.1 Å². The first kappa shape index (κ1) is 17.2. The molecule has 1 aliphatic heterocycles. The first-order valence-electron chi connectivity index (χ1n) is 7.76. The van der Waals surface area contributed by atoms with Gasteiger partial charge in [-0.05, 0) is 48.4 Å². The van der Waals surface area contributed by atoms with Crippen molar-refractivity contribution in [2.75, 3.05) is 12.0 Å². The van der Waals surface area contributed by atoms with Crippen LogP contribution < -0.4 is 15.0 Å². The van der Waals surface area contributed by atoms with Crippen molar-refractivity contribution in [3.05, 3.63) is 59.2 Å². The van der Waals surface area contributed by atoms with Crippen LogP contribution in [0.1, 0.15) is 11.1 Å². The molecule has 0 bridgehead atoms. The summed E-state index contributed by atoms with van der Waals surface area (Å²) in [4.78, 5) is 38.0. The van der Waals surface area contributed by atoms with E-state index >= 15 is 0 Å². The van der Waals surface area contributed by atoms with E-state index < -0.39 is 17.8 Å². The van der Waals surface area contributed by atoms with Crippen molar-refractivity contribution in [2.24, 2.45) is 0 Å². The summed E-state index contributed by atoms with van der Waals surface area (Å²) in [5.74, 6) is -1.39. The second-order valence-electron chi connectivity index (χ2n) is 5.73. The van der Waals surface area contributed by atoms with Crippen LogP contribution in [0.15, 0.2) is 48.0 Å². The topological polar surface area (TPSA) is 95.9 Å². The van der Waals surface area contributed by atoms with Crippen molar-refractivity contribution >= 4 is 29.6 Å². The number of nitrogens with one attached hydrogen (secondary N) is 1. The molecule has 0 spiro atoms. The fourth-order valence-corrected chi connectivity index (χ4v) is 2.62. The number of hydrogen-bond acceptors (Lipinski definition) is 5. The minimum Gasteiger partial charge on any atom is -0.504 e. The minimum absolute atomic E-state index is 0.128. The highest BCUT2D eigenvalue weighted by Crippen LogP contribution is 2.28. The van der Waals surface area contributed by atoms with Gasteiger partial charge >= 0.3 is 6.03 Å². The Morgan fingerprint density at radius 3 is 2.54 bits per heavy atom. The number of nitrogens with zero attached hydrogens (tertiary/aromatic N) is 1. The van der Waals surface area contributed by atoms with Crippen LogP contribution in [0.3, 0.4) is 0 Å². The number of hydrogen-bond donors (Lipinski definition) is 2. The Hall–Kier alpha value is -3.61. The Kier molecular flexibility index (Phi) is 4.45. The Balaban J connectivity index is 2.01. The number of rotatable bonds is 3. The molecule has 2 aromatic carbocycles. The number of carbonyl (C=O) groups is 3. The molecule has 7 heteroatoms. The maximum Gasteiger partial charge on any atom is 0.335 e. The van der Waals surface area contributed by atoms with Gasteiger partial charge in [0, 0.05) is 0 Å². The highest BCUT2D eigenvalue weighted by Gasteiger charge is 2.36. The quantitative estimate of drug-likeness (QED) is 0.653. The molecule has 1 saturated heterocycles. The molecule has 3 rings (SSSR count). The summed E-state index contributed by atoms with van der Waals surface area (Å²) in [6.07, 6.45) is 1.31. The van der Waals surface area contributed by atoms with E-state index in [9.17, 15) is 19.5 Å². The number of methoxy groups -OCH3 is 1. The van der Waals surface area contributed by atoms with Gasteiger partial charge < -0.3 is 9.84 Å². The number of barbiturate groups is 1. The molecule has 1 aliphatic rings. The van der Waals surface area contributed by atoms with E-state index in [2.05, 4.69) is 5.32 Å². The van der Waals surface area contributed by atoms with Gasteiger partial charge in [-0.25, -0.2) is 9.69 Å². The molecule has 0 radical (unpaired) electrons. The molecule has 0 unspecified atom stereocenters. The molecule has 1 heterocycles. The molecule has 0 aromatic heterocycles. The number of benzene rings is 2. The second-order valence-corrected chi connectivity index (χ2v) is 5.73. The molecule has 1 fully saturated rings. The predicted molar refractivity (Wildman–Crippen MR) is 94.8 cm³/mol. The first-order chi connectivity index (χ1) is 12.4. The number of phenolic OH excluding ortho intramolecular Hbond substituents is 1. The Bertz CT molecular complexity index is 949. The zero-order chi connectivity index (χ0) is 18.8. The summed E-state index contributed by atoms with van der Waals surface area (Å²) in [6, 6.07) is 10.5. The maximum atomic E-state index is 12.8. The molecular formula is C19H16N2O5. The fourth-order valence-electron chi connectivity index (χ4n) is 2.62. The van der Waals surface area contributed by atoms with E-state index in [1.807, 2.05) is 13.0 Å². The van der Waals surface area contributed by atoms with Crippen LogP contribution in [-0.2, 0) is 9.59 Å².